The predicted molar refractivity (Wildman–Crippen MR) is 66.7 cm³/mol. The van der Waals surface area contributed by atoms with E-state index in [0.29, 0.717) is 5.39 Å². The third kappa shape index (κ3) is 2.55. The average Bonchev–Trinajstić information content (AvgIpc) is 2.73. The SMILES string of the molecule is Cn1nc(C(=O)NC[C@H](O)C(=O)O)c2ccccc21. The summed E-state index contributed by atoms with van der Waals surface area (Å²) < 4.78 is 1.57. The van der Waals surface area contributed by atoms with E-state index in [1.807, 2.05) is 12.1 Å². The summed E-state index contributed by atoms with van der Waals surface area (Å²) in [5.74, 6) is -1.90. The van der Waals surface area contributed by atoms with Crippen molar-refractivity contribution in [1.82, 2.24) is 15.1 Å². The van der Waals surface area contributed by atoms with Crippen LogP contribution in [0.4, 0.5) is 0 Å². The minimum atomic E-state index is -1.63. The molecule has 0 saturated heterocycles. The fraction of sp³-hybridized carbons (Fsp3) is 0.250. The van der Waals surface area contributed by atoms with E-state index in [0.717, 1.165) is 5.52 Å². The molecule has 7 nitrogen and oxygen atoms in total. The number of amides is 1. The van der Waals surface area contributed by atoms with Gasteiger partial charge in [-0.1, -0.05) is 18.2 Å². The standard InChI is InChI=1S/C12H13N3O4/c1-15-8-5-3-2-4-7(8)10(14-15)11(17)13-6-9(16)12(18)19/h2-5,9,16H,6H2,1H3,(H,13,17)(H,18,19)/t9-/m0/s1. The Labute approximate surface area is 108 Å². The van der Waals surface area contributed by atoms with E-state index in [1.54, 1.807) is 23.9 Å². The van der Waals surface area contributed by atoms with E-state index in [4.69, 9.17) is 10.2 Å². The molecular weight excluding hydrogens is 250 g/mol. The minimum absolute atomic E-state index is 0.204. The number of aliphatic hydroxyl groups is 1. The van der Waals surface area contributed by atoms with Crippen molar-refractivity contribution in [2.24, 2.45) is 7.05 Å². The van der Waals surface area contributed by atoms with Crippen LogP contribution in [0.25, 0.3) is 10.9 Å². The highest BCUT2D eigenvalue weighted by Crippen LogP contribution is 2.17. The van der Waals surface area contributed by atoms with Crippen LogP contribution in [-0.4, -0.2) is 44.5 Å². The maximum absolute atomic E-state index is 11.9. The van der Waals surface area contributed by atoms with Gasteiger partial charge in [-0.25, -0.2) is 4.79 Å². The lowest BCUT2D eigenvalue weighted by Gasteiger charge is -2.06. The molecule has 19 heavy (non-hydrogen) atoms. The Morgan fingerprint density at radius 1 is 1.42 bits per heavy atom. The highest BCUT2D eigenvalue weighted by molar-refractivity contribution is 6.04. The normalized spacial score (nSPS) is 12.3. The number of carboxylic acid groups (broad SMARTS) is 1. The smallest absolute Gasteiger partial charge is 0.334 e. The van der Waals surface area contributed by atoms with Crippen molar-refractivity contribution in [2.45, 2.75) is 6.10 Å². The summed E-state index contributed by atoms with van der Waals surface area (Å²) in [5.41, 5.74) is 1.00. The molecule has 0 unspecified atom stereocenters. The summed E-state index contributed by atoms with van der Waals surface area (Å²) in [7, 11) is 1.71. The topological polar surface area (TPSA) is 104 Å². The molecule has 1 amide bonds. The summed E-state index contributed by atoms with van der Waals surface area (Å²) in [6.45, 7) is -0.362. The molecule has 0 saturated carbocycles. The number of para-hydroxylation sites is 1. The van der Waals surface area contributed by atoms with E-state index in [1.165, 1.54) is 0 Å². The molecule has 0 aliphatic rings. The number of nitrogens with one attached hydrogen (secondary N) is 1. The molecule has 1 atom stereocenters. The highest BCUT2D eigenvalue weighted by Gasteiger charge is 2.18. The number of fused-ring (bicyclic) bond motifs is 1. The van der Waals surface area contributed by atoms with Crippen molar-refractivity contribution < 1.29 is 19.8 Å². The average molecular weight is 263 g/mol. The monoisotopic (exact) mass is 263 g/mol. The van der Waals surface area contributed by atoms with E-state index in [9.17, 15) is 9.59 Å². The van der Waals surface area contributed by atoms with Crippen molar-refractivity contribution in [2.75, 3.05) is 6.54 Å². The van der Waals surface area contributed by atoms with Gasteiger partial charge in [-0.3, -0.25) is 9.48 Å². The number of aliphatic hydroxyl groups excluding tert-OH is 1. The maximum atomic E-state index is 11.9. The number of nitrogens with zero attached hydrogens (tertiary/aromatic N) is 2. The molecule has 0 bridgehead atoms. The number of hydrogen-bond donors (Lipinski definition) is 3. The Morgan fingerprint density at radius 3 is 2.79 bits per heavy atom. The summed E-state index contributed by atoms with van der Waals surface area (Å²) in [4.78, 5) is 22.4. The molecule has 0 fully saturated rings. The molecule has 1 aromatic heterocycles. The van der Waals surface area contributed by atoms with E-state index in [2.05, 4.69) is 10.4 Å². The predicted octanol–water partition coefficient (Wildman–Crippen LogP) is -0.251. The number of aromatic nitrogens is 2. The Balaban J connectivity index is 2.20. The van der Waals surface area contributed by atoms with Gasteiger partial charge in [-0.05, 0) is 6.07 Å². The molecular formula is C12H13N3O4. The van der Waals surface area contributed by atoms with Crippen molar-refractivity contribution in [3.63, 3.8) is 0 Å². The first-order valence-corrected chi connectivity index (χ1v) is 5.61. The molecule has 0 spiro atoms. The first-order valence-electron chi connectivity index (χ1n) is 5.61. The van der Waals surface area contributed by atoms with Crippen LogP contribution in [0.5, 0.6) is 0 Å². The zero-order valence-corrected chi connectivity index (χ0v) is 10.2. The molecule has 0 radical (unpaired) electrons. The number of rotatable bonds is 4. The second-order valence-electron chi connectivity index (χ2n) is 4.05. The number of carbonyl (C=O) groups is 2. The van der Waals surface area contributed by atoms with Crippen molar-refractivity contribution in [3.05, 3.63) is 30.0 Å². The Kier molecular flexibility index (Phi) is 3.48. The number of carboxylic acids is 1. The van der Waals surface area contributed by atoms with E-state index in [-0.39, 0.29) is 12.2 Å². The Morgan fingerprint density at radius 2 is 2.11 bits per heavy atom. The van der Waals surface area contributed by atoms with Gasteiger partial charge in [0.05, 0.1) is 12.1 Å². The van der Waals surface area contributed by atoms with Crippen LogP contribution in [0.2, 0.25) is 0 Å². The molecule has 1 aromatic carbocycles. The first-order chi connectivity index (χ1) is 9.00. The molecule has 2 rings (SSSR count). The molecule has 1 heterocycles. The number of benzene rings is 1. The lowest BCUT2D eigenvalue weighted by molar-refractivity contribution is -0.146. The third-order valence-corrected chi connectivity index (χ3v) is 2.71. The van der Waals surface area contributed by atoms with Crippen molar-refractivity contribution in [3.8, 4) is 0 Å². The van der Waals surface area contributed by atoms with Crippen LogP contribution in [0.15, 0.2) is 24.3 Å². The highest BCUT2D eigenvalue weighted by atomic mass is 16.4. The van der Waals surface area contributed by atoms with Gasteiger partial charge in [-0.15, -0.1) is 0 Å². The van der Waals surface area contributed by atoms with Crippen LogP contribution in [0.1, 0.15) is 10.5 Å². The molecule has 2 aromatic rings. The third-order valence-electron chi connectivity index (χ3n) is 2.71. The summed E-state index contributed by atoms with van der Waals surface area (Å²) in [6, 6.07) is 7.20. The lowest BCUT2D eigenvalue weighted by Crippen LogP contribution is -2.36. The zero-order chi connectivity index (χ0) is 14.0. The van der Waals surface area contributed by atoms with Crippen LogP contribution in [-0.2, 0) is 11.8 Å². The second-order valence-corrected chi connectivity index (χ2v) is 4.05. The van der Waals surface area contributed by atoms with Gasteiger partial charge in [0.25, 0.3) is 5.91 Å². The Bertz CT molecular complexity index is 635. The summed E-state index contributed by atoms with van der Waals surface area (Å²) in [6.07, 6.45) is -1.63. The fourth-order valence-electron chi connectivity index (χ4n) is 1.74. The number of aliphatic carboxylic acids is 1. The van der Waals surface area contributed by atoms with Crippen LogP contribution in [0, 0.1) is 0 Å². The quantitative estimate of drug-likeness (QED) is 0.705. The number of carbonyl (C=O) groups excluding carboxylic acids is 1. The van der Waals surface area contributed by atoms with Gasteiger partial charge in [0, 0.05) is 12.4 Å². The molecule has 0 aliphatic carbocycles. The van der Waals surface area contributed by atoms with Gasteiger partial charge in [0.2, 0.25) is 0 Å². The van der Waals surface area contributed by atoms with Gasteiger partial charge < -0.3 is 15.5 Å². The summed E-state index contributed by atoms with van der Waals surface area (Å²) in [5, 5.41) is 24.7. The van der Waals surface area contributed by atoms with Gasteiger partial charge in [-0.2, -0.15) is 5.10 Å². The number of aryl methyl sites for hydroxylation is 1. The Hall–Kier alpha value is -2.41. The molecule has 0 aliphatic heterocycles. The minimum Gasteiger partial charge on any atom is -0.479 e. The second kappa shape index (κ2) is 5.07. The van der Waals surface area contributed by atoms with Crippen LogP contribution < -0.4 is 5.32 Å². The zero-order valence-electron chi connectivity index (χ0n) is 10.2. The van der Waals surface area contributed by atoms with Crippen molar-refractivity contribution in [1.29, 1.82) is 0 Å². The van der Waals surface area contributed by atoms with Gasteiger partial charge in [0.15, 0.2) is 11.8 Å². The van der Waals surface area contributed by atoms with E-state index < -0.39 is 18.0 Å². The summed E-state index contributed by atoms with van der Waals surface area (Å²) >= 11 is 0. The van der Waals surface area contributed by atoms with E-state index >= 15 is 0 Å². The molecule has 7 heteroatoms. The number of hydrogen-bond acceptors (Lipinski definition) is 4. The molecule has 3 N–H and O–H groups in total. The first kappa shape index (κ1) is 13.0. The largest absolute Gasteiger partial charge is 0.479 e. The fourth-order valence-corrected chi connectivity index (χ4v) is 1.74. The lowest BCUT2D eigenvalue weighted by atomic mass is 10.2. The van der Waals surface area contributed by atoms with Gasteiger partial charge in [0.1, 0.15) is 0 Å². The maximum Gasteiger partial charge on any atom is 0.334 e. The molecule has 100 valence electrons. The van der Waals surface area contributed by atoms with Crippen LogP contribution in [0.3, 0.4) is 0 Å². The van der Waals surface area contributed by atoms with Crippen LogP contribution >= 0.6 is 0 Å². The van der Waals surface area contributed by atoms with Crippen molar-refractivity contribution >= 4 is 22.8 Å². The van der Waals surface area contributed by atoms with Gasteiger partial charge >= 0.3 is 5.97 Å².